The molecule has 1 N–H and O–H groups in total. The van der Waals surface area contributed by atoms with E-state index in [4.69, 9.17) is 4.74 Å². The molecule has 15 heavy (non-hydrogen) atoms. The largest absolute Gasteiger partial charge is 0.393 e. The van der Waals surface area contributed by atoms with Crippen molar-refractivity contribution < 1.29 is 9.84 Å². The summed E-state index contributed by atoms with van der Waals surface area (Å²) in [7, 11) is 0. The Kier molecular flexibility index (Phi) is 4.04. The maximum atomic E-state index is 9.59. The van der Waals surface area contributed by atoms with Crippen LogP contribution in [0.25, 0.3) is 0 Å². The molecule has 1 saturated heterocycles. The Morgan fingerprint density at radius 3 is 2.93 bits per heavy atom. The van der Waals surface area contributed by atoms with E-state index in [0.29, 0.717) is 13.0 Å². The van der Waals surface area contributed by atoms with E-state index in [2.05, 4.69) is 50.7 Å². The van der Waals surface area contributed by atoms with Gasteiger partial charge in [0.05, 0.1) is 12.2 Å². The summed E-state index contributed by atoms with van der Waals surface area (Å²) in [6.45, 7) is 0.651. The van der Waals surface area contributed by atoms with Crippen LogP contribution in [0.4, 0.5) is 0 Å². The van der Waals surface area contributed by atoms with Crippen LogP contribution in [0, 0.1) is 3.57 Å². The normalized spacial score (nSPS) is 26.6. The fourth-order valence-corrected chi connectivity index (χ4v) is 3.41. The van der Waals surface area contributed by atoms with E-state index in [9.17, 15) is 5.11 Å². The first-order valence-electron chi connectivity index (χ1n) is 4.91. The quantitative estimate of drug-likeness (QED) is 0.755. The second-order valence-corrected chi connectivity index (χ2v) is 5.78. The summed E-state index contributed by atoms with van der Waals surface area (Å²) in [4.78, 5) is 0. The van der Waals surface area contributed by atoms with Gasteiger partial charge in [-0.2, -0.15) is 0 Å². The third-order valence-corrected chi connectivity index (χ3v) is 3.99. The zero-order valence-corrected chi connectivity index (χ0v) is 11.9. The molecule has 2 rings (SSSR count). The molecule has 2 nitrogen and oxygen atoms in total. The van der Waals surface area contributed by atoms with Crippen LogP contribution in [0.15, 0.2) is 22.7 Å². The van der Waals surface area contributed by atoms with E-state index in [1.807, 2.05) is 6.07 Å². The predicted octanol–water partition coefficient (Wildman–Crippen LogP) is 3.27. The van der Waals surface area contributed by atoms with Crippen LogP contribution < -0.4 is 0 Å². The number of hydrogen-bond acceptors (Lipinski definition) is 2. The molecular weight excluding hydrogens is 371 g/mol. The minimum absolute atomic E-state index is 0.0498. The number of aliphatic hydroxyl groups is 1. The number of benzene rings is 1. The summed E-state index contributed by atoms with van der Waals surface area (Å²) in [5.74, 6) is 0. The first-order valence-corrected chi connectivity index (χ1v) is 6.78. The molecule has 1 fully saturated rings. The van der Waals surface area contributed by atoms with Crippen LogP contribution in [0.3, 0.4) is 0 Å². The Bertz CT molecular complexity index is 356. The van der Waals surface area contributed by atoms with Gasteiger partial charge < -0.3 is 9.84 Å². The zero-order chi connectivity index (χ0) is 10.8. The summed E-state index contributed by atoms with van der Waals surface area (Å²) in [6.07, 6.45) is 1.29. The van der Waals surface area contributed by atoms with Crippen molar-refractivity contribution >= 4 is 38.5 Å². The molecule has 1 aromatic rings. The molecule has 1 heterocycles. The highest BCUT2D eigenvalue weighted by Gasteiger charge is 2.23. The average Bonchev–Trinajstić information content (AvgIpc) is 2.17. The lowest BCUT2D eigenvalue weighted by atomic mass is 9.99. The summed E-state index contributed by atoms with van der Waals surface area (Å²) in [5.41, 5.74) is 1.18. The fraction of sp³-hybridized carbons (Fsp3) is 0.455. The molecular formula is C11H12BrIO2. The lowest BCUT2D eigenvalue weighted by Crippen LogP contribution is -2.23. The summed E-state index contributed by atoms with van der Waals surface area (Å²) in [5, 5.41) is 9.59. The van der Waals surface area contributed by atoms with Crippen molar-refractivity contribution in [2.75, 3.05) is 6.61 Å². The van der Waals surface area contributed by atoms with Crippen LogP contribution in [0.5, 0.6) is 0 Å². The Hall–Kier alpha value is 0.350. The van der Waals surface area contributed by atoms with Crippen molar-refractivity contribution in [3.63, 3.8) is 0 Å². The summed E-state index contributed by atoms with van der Waals surface area (Å²) in [6, 6.07) is 6.15. The molecule has 0 radical (unpaired) electrons. The third-order valence-electron chi connectivity index (χ3n) is 2.57. The van der Waals surface area contributed by atoms with E-state index in [1.165, 1.54) is 9.13 Å². The Morgan fingerprint density at radius 1 is 1.47 bits per heavy atom. The Labute approximate surface area is 111 Å². The van der Waals surface area contributed by atoms with E-state index >= 15 is 0 Å². The first kappa shape index (κ1) is 11.8. The first-order chi connectivity index (χ1) is 7.16. The van der Waals surface area contributed by atoms with Gasteiger partial charge in [-0.25, -0.2) is 0 Å². The van der Waals surface area contributed by atoms with E-state index in [0.717, 1.165) is 10.9 Å². The maximum Gasteiger partial charge on any atom is 0.0859 e. The lowest BCUT2D eigenvalue weighted by Gasteiger charge is -2.27. The predicted molar refractivity (Wildman–Crippen MR) is 70.8 cm³/mol. The van der Waals surface area contributed by atoms with Gasteiger partial charge in [0.2, 0.25) is 0 Å². The lowest BCUT2D eigenvalue weighted by molar-refractivity contribution is -0.0451. The van der Waals surface area contributed by atoms with Gasteiger partial charge in [-0.05, 0) is 46.7 Å². The van der Waals surface area contributed by atoms with Crippen LogP contribution in [0.1, 0.15) is 24.5 Å². The average molecular weight is 383 g/mol. The summed E-state index contributed by atoms with van der Waals surface area (Å²) < 4.78 is 7.93. The monoisotopic (exact) mass is 382 g/mol. The van der Waals surface area contributed by atoms with Crippen LogP contribution >= 0.6 is 38.5 Å². The number of halogens is 2. The van der Waals surface area contributed by atoms with E-state index in [-0.39, 0.29) is 12.2 Å². The molecule has 1 aliphatic heterocycles. The van der Waals surface area contributed by atoms with Gasteiger partial charge in [-0.1, -0.05) is 22.0 Å². The maximum absolute atomic E-state index is 9.59. The van der Waals surface area contributed by atoms with Crippen molar-refractivity contribution in [3.8, 4) is 0 Å². The number of aliphatic hydroxyl groups excluding tert-OH is 1. The molecule has 0 saturated carbocycles. The van der Waals surface area contributed by atoms with Crippen LogP contribution in [-0.2, 0) is 4.74 Å². The van der Waals surface area contributed by atoms with E-state index in [1.54, 1.807) is 0 Å². The van der Waals surface area contributed by atoms with Crippen molar-refractivity contribution in [2.24, 2.45) is 0 Å². The van der Waals surface area contributed by atoms with Crippen LogP contribution in [0.2, 0.25) is 0 Å². The van der Waals surface area contributed by atoms with Gasteiger partial charge in [0.25, 0.3) is 0 Å². The Morgan fingerprint density at radius 2 is 2.27 bits per heavy atom. The minimum Gasteiger partial charge on any atom is -0.393 e. The molecule has 4 heteroatoms. The number of ether oxygens (including phenoxy) is 1. The van der Waals surface area contributed by atoms with Gasteiger partial charge in [0, 0.05) is 21.1 Å². The standard InChI is InChI=1S/C11H12BrIO2/c12-7-1-2-9(10(13)5-7)11-6-8(14)3-4-15-11/h1-2,5,8,11,14H,3-4,6H2. The number of rotatable bonds is 1. The van der Waals surface area contributed by atoms with Crippen molar-refractivity contribution in [1.29, 1.82) is 0 Å². The van der Waals surface area contributed by atoms with Gasteiger partial charge in [0.15, 0.2) is 0 Å². The molecule has 1 aromatic carbocycles. The molecule has 0 aliphatic carbocycles. The fourth-order valence-electron chi connectivity index (χ4n) is 1.76. The second kappa shape index (κ2) is 5.12. The topological polar surface area (TPSA) is 29.5 Å². The molecule has 0 aromatic heterocycles. The van der Waals surface area contributed by atoms with Gasteiger partial charge in [-0.15, -0.1) is 0 Å². The van der Waals surface area contributed by atoms with Crippen molar-refractivity contribution in [1.82, 2.24) is 0 Å². The smallest absolute Gasteiger partial charge is 0.0859 e. The SMILES string of the molecule is OC1CCOC(c2ccc(Br)cc2I)C1. The minimum atomic E-state index is -0.219. The highest BCUT2D eigenvalue weighted by atomic mass is 127. The van der Waals surface area contributed by atoms with Crippen molar-refractivity contribution in [3.05, 3.63) is 31.8 Å². The molecule has 0 bridgehead atoms. The van der Waals surface area contributed by atoms with Gasteiger partial charge in [-0.3, -0.25) is 0 Å². The van der Waals surface area contributed by atoms with Gasteiger partial charge in [0.1, 0.15) is 0 Å². The highest BCUT2D eigenvalue weighted by Crippen LogP contribution is 2.32. The summed E-state index contributed by atoms with van der Waals surface area (Å²) >= 11 is 5.74. The molecule has 82 valence electrons. The second-order valence-electron chi connectivity index (χ2n) is 3.70. The molecule has 2 unspecified atom stereocenters. The molecule has 0 spiro atoms. The van der Waals surface area contributed by atoms with Crippen LogP contribution in [-0.4, -0.2) is 17.8 Å². The van der Waals surface area contributed by atoms with Crippen molar-refractivity contribution in [2.45, 2.75) is 25.0 Å². The van der Waals surface area contributed by atoms with Gasteiger partial charge >= 0.3 is 0 Å². The molecule has 1 aliphatic rings. The molecule has 2 atom stereocenters. The highest BCUT2D eigenvalue weighted by molar-refractivity contribution is 14.1. The Balaban J connectivity index is 2.21. The number of hydrogen-bond donors (Lipinski definition) is 1. The molecule has 0 amide bonds. The zero-order valence-electron chi connectivity index (χ0n) is 8.12. The van der Waals surface area contributed by atoms with E-state index < -0.39 is 0 Å². The third kappa shape index (κ3) is 2.93.